The van der Waals surface area contributed by atoms with E-state index in [0.717, 1.165) is 11.6 Å². The van der Waals surface area contributed by atoms with E-state index in [4.69, 9.17) is 9.26 Å². The second kappa shape index (κ2) is 7.09. The van der Waals surface area contributed by atoms with Gasteiger partial charge in [0.2, 0.25) is 5.82 Å². The molecule has 0 saturated heterocycles. The first-order chi connectivity index (χ1) is 12.1. The minimum atomic E-state index is -0.673. The fourth-order valence-corrected chi connectivity index (χ4v) is 2.61. The summed E-state index contributed by atoms with van der Waals surface area (Å²) in [5.41, 5.74) is 0.488. The van der Waals surface area contributed by atoms with Crippen LogP contribution >= 0.6 is 11.3 Å². The van der Waals surface area contributed by atoms with Gasteiger partial charge in [-0.1, -0.05) is 5.16 Å². The minimum Gasteiger partial charge on any atom is -0.478 e. The van der Waals surface area contributed by atoms with E-state index in [2.05, 4.69) is 14.9 Å². The van der Waals surface area contributed by atoms with Crippen molar-refractivity contribution in [2.45, 2.75) is 6.61 Å². The molecule has 0 radical (unpaired) electrons. The topological polar surface area (TPSA) is 118 Å². The molecule has 10 heteroatoms. The highest BCUT2D eigenvalue weighted by atomic mass is 32.1. The van der Waals surface area contributed by atoms with Crippen LogP contribution < -0.4 is 4.74 Å². The summed E-state index contributed by atoms with van der Waals surface area (Å²) in [4.78, 5) is 26.2. The summed E-state index contributed by atoms with van der Waals surface area (Å²) in [7, 11) is 1.19. The van der Waals surface area contributed by atoms with Crippen LogP contribution in [0.5, 0.6) is 5.75 Å². The number of hydrogen-bond acceptors (Lipinski definition) is 9. The Kier molecular flexibility index (Phi) is 4.70. The minimum absolute atomic E-state index is 0.0143. The van der Waals surface area contributed by atoms with Crippen molar-refractivity contribution < 1.29 is 23.7 Å². The van der Waals surface area contributed by atoms with Gasteiger partial charge in [0.25, 0.3) is 5.89 Å². The van der Waals surface area contributed by atoms with Gasteiger partial charge < -0.3 is 14.0 Å². The van der Waals surface area contributed by atoms with Gasteiger partial charge >= 0.3 is 11.7 Å². The molecule has 128 valence electrons. The molecule has 25 heavy (non-hydrogen) atoms. The Labute approximate surface area is 145 Å². The molecule has 1 aromatic carbocycles. The van der Waals surface area contributed by atoms with E-state index < -0.39 is 10.9 Å². The summed E-state index contributed by atoms with van der Waals surface area (Å²) in [5.74, 6) is -0.101. The van der Waals surface area contributed by atoms with Crippen LogP contribution in [0, 0.1) is 10.1 Å². The average Bonchev–Trinajstić information content (AvgIpc) is 3.30. The van der Waals surface area contributed by atoms with Gasteiger partial charge in [0, 0.05) is 11.4 Å². The Hall–Kier alpha value is -3.27. The van der Waals surface area contributed by atoms with E-state index >= 15 is 0 Å². The highest BCUT2D eigenvalue weighted by Gasteiger charge is 2.20. The van der Waals surface area contributed by atoms with Gasteiger partial charge in [-0.05, 0) is 23.6 Å². The van der Waals surface area contributed by atoms with Crippen LogP contribution in [-0.2, 0) is 11.3 Å². The van der Waals surface area contributed by atoms with Crippen LogP contribution in [0.4, 0.5) is 5.69 Å². The van der Waals surface area contributed by atoms with Crippen molar-refractivity contribution in [1.82, 2.24) is 10.1 Å². The van der Waals surface area contributed by atoms with Crippen molar-refractivity contribution in [3.05, 3.63) is 56.5 Å². The zero-order valence-corrected chi connectivity index (χ0v) is 13.7. The maximum absolute atomic E-state index is 11.5. The number of hydrogen-bond donors (Lipinski definition) is 0. The summed E-state index contributed by atoms with van der Waals surface area (Å²) < 4.78 is 15.1. The number of aromatic nitrogens is 2. The quantitative estimate of drug-likeness (QED) is 0.373. The molecule has 0 bridgehead atoms. The van der Waals surface area contributed by atoms with Gasteiger partial charge in [-0.3, -0.25) is 10.1 Å². The van der Waals surface area contributed by atoms with Gasteiger partial charge in [0.1, 0.15) is 0 Å². The molecule has 0 atom stereocenters. The molecule has 0 amide bonds. The molecule has 0 aliphatic heterocycles. The lowest BCUT2D eigenvalue weighted by molar-refractivity contribution is -0.386. The van der Waals surface area contributed by atoms with Crippen LogP contribution in [0.25, 0.3) is 11.5 Å². The number of ether oxygens (including phenoxy) is 2. The molecular weight excluding hydrogens is 350 g/mol. The fourth-order valence-electron chi connectivity index (χ4n) is 1.99. The Morgan fingerprint density at radius 1 is 1.40 bits per heavy atom. The Morgan fingerprint density at radius 3 is 2.92 bits per heavy atom. The lowest BCUT2D eigenvalue weighted by atomic mass is 10.2. The molecule has 0 fully saturated rings. The van der Waals surface area contributed by atoms with Gasteiger partial charge in [0.15, 0.2) is 12.4 Å². The normalized spacial score (nSPS) is 10.4. The van der Waals surface area contributed by atoms with E-state index in [1.54, 1.807) is 0 Å². The maximum atomic E-state index is 11.5. The summed E-state index contributed by atoms with van der Waals surface area (Å²) in [6, 6.07) is 5.62. The van der Waals surface area contributed by atoms with Crippen molar-refractivity contribution in [2.75, 3.05) is 7.11 Å². The number of nitro benzene ring substituents is 1. The number of nitrogens with zero attached hydrogens (tertiary/aromatic N) is 3. The SMILES string of the molecule is COC(=O)c1ccc(OCc2noc(-c3ccsc3)n2)c([N+](=O)[O-])c1. The Morgan fingerprint density at radius 2 is 2.24 bits per heavy atom. The first-order valence-corrected chi connectivity index (χ1v) is 7.87. The predicted molar refractivity (Wildman–Crippen MR) is 86.4 cm³/mol. The summed E-state index contributed by atoms with van der Waals surface area (Å²) in [6.45, 7) is -0.119. The highest BCUT2D eigenvalue weighted by Crippen LogP contribution is 2.29. The fraction of sp³-hybridized carbons (Fsp3) is 0.133. The standard InChI is InChI=1S/C15H11N3O6S/c1-22-15(19)9-2-3-12(11(6-9)18(20)21)23-7-13-16-14(24-17-13)10-4-5-25-8-10/h2-6,8H,7H2,1H3. The van der Waals surface area contributed by atoms with Crippen molar-refractivity contribution in [2.24, 2.45) is 0 Å². The third-order valence-electron chi connectivity index (χ3n) is 3.17. The van der Waals surface area contributed by atoms with Gasteiger partial charge in [0.05, 0.1) is 23.2 Å². The smallest absolute Gasteiger partial charge is 0.338 e. The van der Waals surface area contributed by atoms with Crippen molar-refractivity contribution in [1.29, 1.82) is 0 Å². The maximum Gasteiger partial charge on any atom is 0.338 e. The molecule has 3 aromatic rings. The predicted octanol–water partition coefficient (Wildman–Crippen LogP) is 3.07. The first-order valence-electron chi connectivity index (χ1n) is 6.93. The summed E-state index contributed by atoms with van der Waals surface area (Å²) in [5, 5.41) is 18.7. The second-order valence-corrected chi connectivity index (χ2v) is 5.53. The molecule has 0 unspecified atom stereocenters. The van der Waals surface area contributed by atoms with E-state index in [0.29, 0.717) is 5.89 Å². The number of thiophene rings is 1. The van der Waals surface area contributed by atoms with Gasteiger partial charge in [-0.25, -0.2) is 4.79 Å². The van der Waals surface area contributed by atoms with Crippen molar-refractivity contribution in [3.8, 4) is 17.2 Å². The molecule has 0 saturated carbocycles. The van der Waals surface area contributed by atoms with Crippen LogP contribution in [0.15, 0.2) is 39.5 Å². The lowest BCUT2D eigenvalue weighted by Crippen LogP contribution is -2.05. The molecule has 0 aliphatic carbocycles. The van der Waals surface area contributed by atoms with E-state index in [1.165, 1.54) is 30.6 Å². The first kappa shape index (κ1) is 16.6. The van der Waals surface area contributed by atoms with Crippen LogP contribution in [0.3, 0.4) is 0 Å². The number of benzene rings is 1. The molecule has 2 aromatic heterocycles. The van der Waals surface area contributed by atoms with E-state index in [9.17, 15) is 14.9 Å². The zero-order valence-electron chi connectivity index (χ0n) is 12.9. The summed E-state index contributed by atoms with van der Waals surface area (Å²) in [6.07, 6.45) is 0. The number of carbonyl (C=O) groups is 1. The molecule has 0 N–H and O–H groups in total. The van der Waals surface area contributed by atoms with E-state index in [-0.39, 0.29) is 29.4 Å². The third-order valence-corrected chi connectivity index (χ3v) is 3.85. The number of carbonyl (C=O) groups excluding carboxylic acids is 1. The van der Waals surface area contributed by atoms with E-state index in [1.807, 2.05) is 16.8 Å². The van der Waals surface area contributed by atoms with Crippen LogP contribution in [-0.4, -0.2) is 28.1 Å². The second-order valence-electron chi connectivity index (χ2n) is 4.75. The molecule has 9 nitrogen and oxygen atoms in total. The number of methoxy groups -OCH3 is 1. The molecule has 0 spiro atoms. The molecule has 2 heterocycles. The van der Waals surface area contributed by atoms with Crippen LogP contribution in [0.1, 0.15) is 16.2 Å². The number of esters is 1. The third kappa shape index (κ3) is 3.63. The number of rotatable bonds is 6. The molecule has 3 rings (SSSR count). The summed E-state index contributed by atoms with van der Waals surface area (Å²) >= 11 is 1.49. The highest BCUT2D eigenvalue weighted by molar-refractivity contribution is 7.08. The largest absolute Gasteiger partial charge is 0.478 e. The lowest BCUT2D eigenvalue weighted by Gasteiger charge is -2.06. The van der Waals surface area contributed by atoms with Gasteiger partial charge in [-0.2, -0.15) is 16.3 Å². The van der Waals surface area contributed by atoms with Crippen molar-refractivity contribution >= 4 is 23.0 Å². The zero-order chi connectivity index (χ0) is 17.8. The average molecular weight is 361 g/mol. The van der Waals surface area contributed by atoms with Crippen molar-refractivity contribution in [3.63, 3.8) is 0 Å². The Balaban J connectivity index is 1.76. The monoisotopic (exact) mass is 361 g/mol. The molecular formula is C15H11N3O6S. The number of nitro groups is 1. The molecule has 0 aliphatic rings. The Bertz CT molecular complexity index is 906. The van der Waals surface area contributed by atoms with Gasteiger partial charge in [-0.15, -0.1) is 0 Å². The van der Waals surface area contributed by atoms with Crippen LogP contribution in [0.2, 0.25) is 0 Å².